The molecule has 0 bridgehead atoms. The summed E-state index contributed by atoms with van der Waals surface area (Å²) in [6.45, 7) is 4.70. The molecule has 0 saturated heterocycles. The summed E-state index contributed by atoms with van der Waals surface area (Å²) in [5, 5.41) is 3.66. The van der Waals surface area contributed by atoms with E-state index in [0.29, 0.717) is 0 Å². The fraction of sp³-hybridized carbons (Fsp3) is 0.0909. The number of rotatable bonds is 6. The zero-order valence-corrected chi connectivity index (χ0v) is 32.2. The molecular weight excluding hydrogens is 691 g/mol. The minimum absolute atomic E-state index is 0.105. The number of aryl methyl sites for hydroxylation is 1. The van der Waals surface area contributed by atoms with Gasteiger partial charge in [-0.3, -0.25) is 0 Å². The van der Waals surface area contributed by atoms with Gasteiger partial charge in [0.25, 0.3) is 0 Å². The van der Waals surface area contributed by atoms with Gasteiger partial charge in [0.15, 0.2) is 0 Å². The predicted molar refractivity (Wildman–Crippen MR) is 240 cm³/mol. The van der Waals surface area contributed by atoms with E-state index in [4.69, 9.17) is 4.42 Å². The molecule has 0 unspecified atom stereocenters. The fourth-order valence-corrected chi connectivity index (χ4v) is 9.42. The Bertz CT molecular complexity index is 3010. The van der Waals surface area contributed by atoms with Crippen LogP contribution in [0.15, 0.2) is 186 Å². The second-order valence-corrected chi connectivity index (χ2v) is 16.0. The Morgan fingerprint density at radius 3 is 1.95 bits per heavy atom. The van der Waals surface area contributed by atoms with E-state index in [1.807, 2.05) is 0 Å². The number of benzene rings is 8. The summed E-state index contributed by atoms with van der Waals surface area (Å²) < 4.78 is 6.57. The topological polar surface area (TPSA) is 16.4 Å². The number of furan rings is 1. The summed E-state index contributed by atoms with van der Waals surface area (Å²) >= 11 is 0. The molecule has 272 valence electrons. The van der Waals surface area contributed by atoms with Gasteiger partial charge in [0.1, 0.15) is 11.3 Å². The monoisotopic (exact) mass is 731 g/mol. The Morgan fingerprint density at radius 2 is 1.12 bits per heavy atom. The van der Waals surface area contributed by atoms with Crippen molar-refractivity contribution >= 4 is 44.9 Å². The number of anilines is 3. The first-order chi connectivity index (χ1) is 28.0. The first kappa shape index (κ1) is 33.4. The van der Waals surface area contributed by atoms with Crippen LogP contribution in [0.1, 0.15) is 42.7 Å². The van der Waals surface area contributed by atoms with E-state index in [2.05, 4.69) is 207 Å². The summed E-state index contributed by atoms with van der Waals surface area (Å²) in [5.41, 5.74) is 18.0. The number of hydrogen-bond acceptors (Lipinski definition) is 2. The van der Waals surface area contributed by atoms with Crippen molar-refractivity contribution in [3.05, 3.63) is 204 Å². The molecule has 0 spiro atoms. The molecule has 9 aromatic rings. The molecule has 2 nitrogen and oxygen atoms in total. The molecule has 2 heteroatoms. The van der Waals surface area contributed by atoms with Gasteiger partial charge in [-0.25, -0.2) is 0 Å². The third kappa shape index (κ3) is 5.47. The summed E-state index contributed by atoms with van der Waals surface area (Å²) in [6, 6.07) is 64.6. The molecule has 0 amide bonds. The SMILES string of the molecule is CC1(C)c2ccccc2-c2ccc(N(c3ccc(-c4ccccc4)cc3)c3ccc(-c4cc5oc6c(c5cc4-c4cccc5ccccc45)C=CCC6)cc3)cc21. The number of hydrogen-bond donors (Lipinski definition) is 0. The van der Waals surface area contributed by atoms with Crippen molar-refractivity contribution in [1.29, 1.82) is 0 Å². The van der Waals surface area contributed by atoms with Gasteiger partial charge in [0.2, 0.25) is 0 Å². The van der Waals surface area contributed by atoms with Crippen molar-refractivity contribution in [2.45, 2.75) is 32.1 Å². The third-order valence-electron chi connectivity index (χ3n) is 12.3. The third-order valence-corrected chi connectivity index (χ3v) is 12.3. The first-order valence-electron chi connectivity index (χ1n) is 20.1. The average molecular weight is 732 g/mol. The smallest absolute Gasteiger partial charge is 0.135 e. The van der Waals surface area contributed by atoms with E-state index in [1.54, 1.807) is 0 Å². The molecule has 11 rings (SSSR count). The van der Waals surface area contributed by atoms with E-state index in [0.717, 1.165) is 52.4 Å². The van der Waals surface area contributed by atoms with Crippen LogP contribution >= 0.6 is 0 Å². The molecule has 0 N–H and O–H groups in total. The van der Waals surface area contributed by atoms with Crippen LogP contribution in [0.25, 0.3) is 72.3 Å². The fourth-order valence-electron chi connectivity index (χ4n) is 9.42. The normalized spacial score (nSPS) is 13.7. The second-order valence-electron chi connectivity index (χ2n) is 16.0. The quantitative estimate of drug-likeness (QED) is 0.169. The van der Waals surface area contributed by atoms with Crippen LogP contribution in [0.2, 0.25) is 0 Å². The van der Waals surface area contributed by atoms with Crippen LogP contribution in [-0.4, -0.2) is 0 Å². The van der Waals surface area contributed by atoms with Crippen LogP contribution in [0, 0.1) is 0 Å². The van der Waals surface area contributed by atoms with Gasteiger partial charge in [0.05, 0.1) is 0 Å². The Hall–Kier alpha value is -6.90. The molecule has 8 aromatic carbocycles. The summed E-state index contributed by atoms with van der Waals surface area (Å²) in [7, 11) is 0. The maximum atomic E-state index is 6.57. The van der Waals surface area contributed by atoms with Crippen molar-refractivity contribution in [3.8, 4) is 44.5 Å². The lowest BCUT2D eigenvalue weighted by molar-refractivity contribution is 0.546. The lowest BCUT2D eigenvalue weighted by Crippen LogP contribution is -2.16. The maximum absolute atomic E-state index is 6.57. The van der Waals surface area contributed by atoms with Gasteiger partial charge < -0.3 is 9.32 Å². The van der Waals surface area contributed by atoms with Gasteiger partial charge in [-0.15, -0.1) is 0 Å². The Labute approximate surface area is 334 Å². The number of nitrogens with zero attached hydrogens (tertiary/aromatic N) is 1. The molecule has 0 fully saturated rings. The Balaban J connectivity index is 1.06. The number of allylic oxidation sites excluding steroid dienone is 1. The van der Waals surface area contributed by atoms with Crippen molar-refractivity contribution in [1.82, 2.24) is 0 Å². The molecule has 0 aliphatic heterocycles. The molecule has 1 aromatic heterocycles. The van der Waals surface area contributed by atoms with Crippen LogP contribution in [0.4, 0.5) is 17.1 Å². The highest BCUT2D eigenvalue weighted by atomic mass is 16.3. The molecule has 0 saturated carbocycles. The van der Waals surface area contributed by atoms with Crippen molar-refractivity contribution in [2.24, 2.45) is 0 Å². The summed E-state index contributed by atoms with van der Waals surface area (Å²) in [5.74, 6) is 1.08. The van der Waals surface area contributed by atoms with Crippen molar-refractivity contribution in [3.63, 3.8) is 0 Å². The van der Waals surface area contributed by atoms with Crippen molar-refractivity contribution in [2.75, 3.05) is 4.90 Å². The lowest BCUT2D eigenvalue weighted by atomic mass is 9.82. The zero-order chi connectivity index (χ0) is 38.1. The van der Waals surface area contributed by atoms with E-state index >= 15 is 0 Å². The second kappa shape index (κ2) is 13.1. The van der Waals surface area contributed by atoms with Crippen LogP contribution in [0.5, 0.6) is 0 Å². The molecule has 0 atom stereocenters. The molecule has 1 heterocycles. The van der Waals surface area contributed by atoms with E-state index in [-0.39, 0.29) is 5.41 Å². The summed E-state index contributed by atoms with van der Waals surface area (Å²) in [6.07, 6.45) is 6.45. The highest BCUT2D eigenvalue weighted by molar-refractivity contribution is 6.05. The predicted octanol–water partition coefficient (Wildman–Crippen LogP) is 15.3. The molecule has 2 aliphatic carbocycles. The Kier molecular flexibility index (Phi) is 7.69. The van der Waals surface area contributed by atoms with Gasteiger partial charge in [-0.05, 0) is 121 Å². The van der Waals surface area contributed by atoms with E-state index < -0.39 is 0 Å². The molecule has 2 aliphatic rings. The minimum Gasteiger partial charge on any atom is -0.460 e. The average Bonchev–Trinajstić information content (AvgIpc) is 3.75. The number of fused-ring (bicyclic) bond motifs is 7. The highest BCUT2D eigenvalue weighted by Crippen LogP contribution is 2.51. The van der Waals surface area contributed by atoms with Crippen LogP contribution in [-0.2, 0) is 11.8 Å². The zero-order valence-electron chi connectivity index (χ0n) is 32.2. The van der Waals surface area contributed by atoms with Gasteiger partial charge in [-0.2, -0.15) is 0 Å². The van der Waals surface area contributed by atoms with Crippen LogP contribution < -0.4 is 4.90 Å². The van der Waals surface area contributed by atoms with Gasteiger partial charge >= 0.3 is 0 Å². The maximum Gasteiger partial charge on any atom is 0.135 e. The highest BCUT2D eigenvalue weighted by Gasteiger charge is 2.35. The molecule has 57 heavy (non-hydrogen) atoms. The minimum atomic E-state index is -0.105. The van der Waals surface area contributed by atoms with Gasteiger partial charge in [0, 0.05) is 39.8 Å². The van der Waals surface area contributed by atoms with E-state index in [9.17, 15) is 0 Å². The lowest BCUT2D eigenvalue weighted by Gasteiger charge is -2.28. The van der Waals surface area contributed by atoms with Gasteiger partial charge in [-0.1, -0.05) is 153 Å². The summed E-state index contributed by atoms with van der Waals surface area (Å²) in [4.78, 5) is 2.40. The molecular formula is C55H41NO. The Morgan fingerprint density at radius 1 is 0.474 bits per heavy atom. The largest absolute Gasteiger partial charge is 0.460 e. The molecule has 0 radical (unpaired) electrons. The van der Waals surface area contributed by atoms with Crippen molar-refractivity contribution < 1.29 is 4.42 Å². The van der Waals surface area contributed by atoms with E-state index in [1.165, 1.54) is 66.2 Å². The van der Waals surface area contributed by atoms with Crippen LogP contribution in [0.3, 0.4) is 0 Å². The first-order valence-corrected chi connectivity index (χ1v) is 20.1. The standard InChI is InChI=1S/C55H41NO/c1-55(2)51-21-10-8-18-45(51)46-32-31-42(33-52(46)55)56(40-27-23-37(24-28-40)36-13-4-3-5-14-36)41-29-25-39(26-30-41)48-35-54-50(47-19-9-11-22-53(47)57-54)34-49(48)44-20-12-16-38-15-6-7-17-43(38)44/h3-10,12-21,23-35H,11,22H2,1-2H3.